The molecule has 3 rings (SSSR count). The van der Waals surface area contributed by atoms with E-state index in [1.54, 1.807) is 0 Å². The number of rotatable bonds is 1. The van der Waals surface area contributed by atoms with Gasteiger partial charge >= 0.3 is 0 Å². The van der Waals surface area contributed by atoms with Crippen molar-refractivity contribution in [1.82, 2.24) is 20.2 Å². The number of hydrogen-bond acceptors (Lipinski definition) is 3. The highest BCUT2D eigenvalue weighted by atomic mass is 16.1. The minimum absolute atomic E-state index is 0.0278. The van der Waals surface area contributed by atoms with Gasteiger partial charge in [0.1, 0.15) is 11.5 Å². The third kappa shape index (κ3) is 1.82. The van der Waals surface area contributed by atoms with Crippen molar-refractivity contribution in [3.63, 3.8) is 0 Å². The van der Waals surface area contributed by atoms with Crippen LogP contribution in [0.15, 0.2) is 0 Å². The van der Waals surface area contributed by atoms with Crippen LogP contribution in [-0.2, 0) is 11.8 Å². The first kappa shape index (κ1) is 11.7. The number of nitrogens with one attached hydrogen (secondary N) is 2. The highest BCUT2D eigenvalue weighted by molar-refractivity contribution is 5.93. The van der Waals surface area contributed by atoms with Gasteiger partial charge in [0.2, 0.25) is 0 Å². The topological polar surface area (TPSA) is 61.0 Å². The minimum atomic E-state index is -0.0278. The van der Waals surface area contributed by atoms with Gasteiger partial charge in [0.05, 0.1) is 0 Å². The Bertz CT molecular complexity index is 481. The summed E-state index contributed by atoms with van der Waals surface area (Å²) in [6, 6.07) is 0. The quantitative estimate of drug-likeness (QED) is 0.768. The number of carbonyl (C=O) groups excluding carboxylic acids is 1. The lowest BCUT2D eigenvalue weighted by molar-refractivity contribution is 0.0951. The van der Waals surface area contributed by atoms with E-state index in [1.165, 1.54) is 0 Å². The molecule has 1 aromatic heterocycles. The Labute approximate surface area is 107 Å². The van der Waals surface area contributed by atoms with Crippen molar-refractivity contribution < 1.29 is 4.79 Å². The van der Waals surface area contributed by atoms with Gasteiger partial charge in [-0.25, -0.2) is 4.98 Å². The number of likely N-dealkylation sites (N-methyl/N-ethyl adjacent to an activating group) is 1. The van der Waals surface area contributed by atoms with Crippen LogP contribution in [0.2, 0.25) is 0 Å². The monoisotopic (exact) mass is 248 g/mol. The van der Waals surface area contributed by atoms with Gasteiger partial charge in [0, 0.05) is 24.2 Å². The number of nitrogens with zero attached hydrogens (tertiary/aromatic N) is 2. The molecular formula is C13H20N4O. The summed E-state index contributed by atoms with van der Waals surface area (Å²) in [7, 11) is 2.13. The van der Waals surface area contributed by atoms with Crippen LogP contribution in [-0.4, -0.2) is 47.5 Å². The van der Waals surface area contributed by atoms with E-state index >= 15 is 0 Å². The SMILES string of the molecule is CN1CC[C@@](C)(c2nc3c([nH]2)CCCNC3=O)C1. The molecule has 5 heteroatoms. The summed E-state index contributed by atoms with van der Waals surface area (Å²) in [6.45, 7) is 5.07. The first-order valence-electron chi connectivity index (χ1n) is 6.65. The number of aryl methyl sites for hydroxylation is 1. The Morgan fingerprint density at radius 2 is 2.28 bits per heavy atom. The van der Waals surface area contributed by atoms with Crippen molar-refractivity contribution in [2.45, 2.75) is 31.6 Å². The molecule has 1 saturated heterocycles. The molecule has 0 aliphatic carbocycles. The second kappa shape index (κ2) is 4.09. The lowest BCUT2D eigenvalue weighted by Gasteiger charge is -2.20. The number of H-pyrrole nitrogens is 1. The maximum atomic E-state index is 11.9. The average Bonchev–Trinajstić information content (AvgIpc) is 2.86. The molecule has 98 valence electrons. The molecule has 18 heavy (non-hydrogen) atoms. The molecule has 3 heterocycles. The third-order valence-corrected chi connectivity index (χ3v) is 4.12. The molecule has 2 N–H and O–H groups in total. The van der Waals surface area contributed by atoms with Crippen molar-refractivity contribution in [3.05, 3.63) is 17.2 Å². The van der Waals surface area contributed by atoms with Crippen molar-refractivity contribution in [3.8, 4) is 0 Å². The molecule has 1 fully saturated rings. The fourth-order valence-electron chi connectivity index (χ4n) is 3.00. The number of aromatic amines is 1. The summed E-state index contributed by atoms with van der Waals surface area (Å²) in [5.74, 6) is 0.953. The van der Waals surface area contributed by atoms with Crippen LogP contribution >= 0.6 is 0 Å². The van der Waals surface area contributed by atoms with Crippen LogP contribution in [0, 0.1) is 0 Å². The molecule has 1 aromatic rings. The normalized spacial score (nSPS) is 28.9. The molecular weight excluding hydrogens is 228 g/mol. The van der Waals surface area contributed by atoms with Crippen LogP contribution in [0.25, 0.3) is 0 Å². The standard InChI is InChI=1S/C13H20N4O/c1-13(5-7-17(2)8-13)12-15-9-4-3-6-14-11(18)10(9)16-12/h3-8H2,1-2H3,(H,14,18)(H,15,16)/t13-/m1/s1. The summed E-state index contributed by atoms with van der Waals surface area (Å²) >= 11 is 0. The summed E-state index contributed by atoms with van der Waals surface area (Å²) in [5.41, 5.74) is 1.68. The second-order valence-corrected chi connectivity index (χ2v) is 5.82. The maximum absolute atomic E-state index is 11.9. The Morgan fingerprint density at radius 1 is 1.44 bits per heavy atom. The van der Waals surface area contributed by atoms with E-state index in [0.29, 0.717) is 5.69 Å². The van der Waals surface area contributed by atoms with Gasteiger partial charge in [-0.15, -0.1) is 0 Å². The molecule has 0 unspecified atom stereocenters. The first-order chi connectivity index (χ1) is 8.58. The molecule has 1 atom stereocenters. The Hall–Kier alpha value is -1.36. The molecule has 0 spiro atoms. The van der Waals surface area contributed by atoms with Gasteiger partial charge in [-0.05, 0) is 32.9 Å². The second-order valence-electron chi connectivity index (χ2n) is 5.82. The fraction of sp³-hybridized carbons (Fsp3) is 0.692. The molecule has 5 nitrogen and oxygen atoms in total. The zero-order valence-corrected chi connectivity index (χ0v) is 11.0. The summed E-state index contributed by atoms with van der Waals surface area (Å²) < 4.78 is 0. The van der Waals surface area contributed by atoms with E-state index in [4.69, 9.17) is 0 Å². The molecule has 0 saturated carbocycles. The largest absolute Gasteiger partial charge is 0.351 e. The molecule has 0 aromatic carbocycles. The number of likely N-dealkylation sites (tertiary alicyclic amines) is 1. The molecule has 2 aliphatic rings. The number of carbonyl (C=O) groups is 1. The van der Waals surface area contributed by atoms with Crippen molar-refractivity contribution >= 4 is 5.91 Å². The minimum Gasteiger partial charge on any atom is -0.351 e. The van der Waals surface area contributed by atoms with Gasteiger partial charge < -0.3 is 15.2 Å². The highest BCUT2D eigenvalue weighted by Crippen LogP contribution is 2.32. The lowest BCUT2D eigenvalue weighted by atomic mass is 9.89. The molecule has 0 bridgehead atoms. The van der Waals surface area contributed by atoms with Gasteiger partial charge in [-0.2, -0.15) is 0 Å². The zero-order valence-electron chi connectivity index (χ0n) is 11.0. The van der Waals surface area contributed by atoms with E-state index in [2.05, 4.69) is 34.2 Å². The highest BCUT2D eigenvalue weighted by Gasteiger charge is 2.37. The van der Waals surface area contributed by atoms with Gasteiger partial charge in [-0.1, -0.05) is 6.92 Å². The van der Waals surface area contributed by atoms with Gasteiger partial charge in [0.15, 0.2) is 0 Å². The Kier molecular flexibility index (Phi) is 2.66. The van der Waals surface area contributed by atoms with Crippen LogP contribution < -0.4 is 5.32 Å². The predicted molar refractivity (Wildman–Crippen MR) is 68.7 cm³/mol. The smallest absolute Gasteiger partial charge is 0.271 e. The van der Waals surface area contributed by atoms with Crippen LogP contribution in [0.4, 0.5) is 0 Å². The van der Waals surface area contributed by atoms with Crippen molar-refractivity contribution in [2.75, 3.05) is 26.7 Å². The van der Waals surface area contributed by atoms with Crippen LogP contribution in [0.3, 0.4) is 0 Å². The van der Waals surface area contributed by atoms with Crippen LogP contribution in [0.5, 0.6) is 0 Å². The Morgan fingerprint density at radius 3 is 3.00 bits per heavy atom. The lowest BCUT2D eigenvalue weighted by Crippen LogP contribution is -2.28. The van der Waals surface area contributed by atoms with E-state index in [9.17, 15) is 4.79 Å². The van der Waals surface area contributed by atoms with Crippen molar-refractivity contribution in [2.24, 2.45) is 0 Å². The number of imidazole rings is 1. The van der Waals surface area contributed by atoms with Gasteiger partial charge in [0.25, 0.3) is 5.91 Å². The first-order valence-corrected chi connectivity index (χ1v) is 6.65. The average molecular weight is 248 g/mol. The molecule has 1 amide bonds. The van der Waals surface area contributed by atoms with Crippen LogP contribution in [0.1, 0.15) is 41.8 Å². The fourth-order valence-corrected chi connectivity index (χ4v) is 3.00. The number of aromatic nitrogens is 2. The zero-order chi connectivity index (χ0) is 12.8. The molecule has 0 radical (unpaired) electrons. The third-order valence-electron chi connectivity index (χ3n) is 4.12. The number of hydrogen-bond donors (Lipinski definition) is 2. The summed E-state index contributed by atoms with van der Waals surface area (Å²) in [6.07, 6.45) is 2.99. The van der Waals surface area contributed by atoms with E-state index in [1.807, 2.05) is 0 Å². The molecule has 2 aliphatic heterocycles. The van der Waals surface area contributed by atoms with Gasteiger partial charge in [-0.3, -0.25) is 4.79 Å². The number of fused-ring (bicyclic) bond motifs is 1. The predicted octanol–water partition coefficient (Wildman–Crippen LogP) is 0.679. The van der Waals surface area contributed by atoms with Crippen molar-refractivity contribution in [1.29, 1.82) is 0 Å². The van der Waals surface area contributed by atoms with E-state index in [-0.39, 0.29) is 11.3 Å². The maximum Gasteiger partial charge on any atom is 0.271 e. The summed E-state index contributed by atoms with van der Waals surface area (Å²) in [5, 5.41) is 2.89. The van der Waals surface area contributed by atoms with E-state index < -0.39 is 0 Å². The Balaban J connectivity index is 1.95. The van der Waals surface area contributed by atoms with E-state index in [0.717, 1.165) is 50.4 Å². The number of amides is 1. The summed E-state index contributed by atoms with van der Waals surface area (Å²) in [4.78, 5) is 22.2.